The van der Waals surface area contributed by atoms with E-state index in [2.05, 4.69) is 6.07 Å². The molecule has 0 spiro atoms. The minimum Gasteiger partial charge on any atom is -0.379 e. The highest BCUT2D eigenvalue weighted by atomic mass is 16.5. The molecule has 3 nitrogen and oxygen atoms in total. The van der Waals surface area contributed by atoms with E-state index in [-0.39, 0.29) is 6.10 Å². The summed E-state index contributed by atoms with van der Waals surface area (Å²) in [5, 5.41) is 8.93. The normalized spacial score (nSPS) is 32.9. The molecule has 1 fully saturated rings. The minimum atomic E-state index is -0.594. The highest BCUT2D eigenvalue weighted by molar-refractivity contribution is 5.07. The first-order valence-corrected chi connectivity index (χ1v) is 5.37. The molecule has 1 aliphatic rings. The van der Waals surface area contributed by atoms with E-state index >= 15 is 0 Å². The SMILES string of the molecule is CC(C)OCC1CCCC(N)(C#N)C1. The number of nitrogens with two attached hydrogens (primary N) is 1. The summed E-state index contributed by atoms with van der Waals surface area (Å²) >= 11 is 0. The first-order chi connectivity index (χ1) is 6.56. The molecule has 0 aromatic heterocycles. The molecule has 0 aliphatic heterocycles. The van der Waals surface area contributed by atoms with Gasteiger partial charge in [-0.25, -0.2) is 0 Å². The maximum atomic E-state index is 8.93. The Hall–Kier alpha value is -0.590. The second-order valence-corrected chi connectivity index (χ2v) is 4.61. The van der Waals surface area contributed by atoms with E-state index in [4.69, 9.17) is 15.7 Å². The van der Waals surface area contributed by atoms with Crippen LogP contribution in [0.25, 0.3) is 0 Å². The fraction of sp³-hybridized carbons (Fsp3) is 0.909. The van der Waals surface area contributed by atoms with Crippen LogP contribution in [0.4, 0.5) is 0 Å². The third-order valence-corrected chi connectivity index (χ3v) is 2.78. The highest BCUT2D eigenvalue weighted by Gasteiger charge is 2.32. The van der Waals surface area contributed by atoms with Gasteiger partial charge in [0.05, 0.1) is 12.2 Å². The summed E-state index contributed by atoms with van der Waals surface area (Å²) in [6.45, 7) is 4.81. The largest absolute Gasteiger partial charge is 0.379 e. The van der Waals surface area contributed by atoms with Gasteiger partial charge in [-0.1, -0.05) is 6.42 Å². The van der Waals surface area contributed by atoms with Crippen molar-refractivity contribution in [1.82, 2.24) is 0 Å². The van der Waals surface area contributed by atoms with Crippen molar-refractivity contribution in [2.45, 2.75) is 51.2 Å². The lowest BCUT2D eigenvalue weighted by atomic mass is 9.77. The quantitative estimate of drug-likeness (QED) is 0.749. The standard InChI is InChI=1S/C11H20N2O/c1-9(2)14-7-10-4-3-5-11(13,6-10)8-12/h9-10H,3-7,13H2,1-2H3. The van der Waals surface area contributed by atoms with Gasteiger partial charge in [0.2, 0.25) is 0 Å². The van der Waals surface area contributed by atoms with Crippen LogP contribution in [0.2, 0.25) is 0 Å². The van der Waals surface area contributed by atoms with Crippen molar-refractivity contribution in [3.63, 3.8) is 0 Å². The molecule has 0 saturated heterocycles. The lowest BCUT2D eigenvalue weighted by molar-refractivity contribution is 0.0350. The average Bonchev–Trinajstić information content (AvgIpc) is 2.15. The molecule has 80 valence electrons. The van der Waals surface area contributed by atoms with E-state index in [0.29, 0.717) is 5.92 Å². The fourth-order valence-electron chi connectivity index (χ4n) is 2.00. The Labute approximate surface area is 86.2 Å². The third-order valence-electron chi connectivity index (χ3n) is 2.78. The van der Waals surface area contributed by atoms with Gasteiger partial charge in [0.15, 0.2) is 0 Å². The van der Waals surface area contributed by atoms with Crippen LogP contribution in [0.1, 0.15) is 39.5 Å². The number of ether oxygens (including phenoxy) is 1. The Morgan fingerprint density at radius 2 is 2.36 bits per heavy atom. The molecule has 1 aliphatic carbocycles. The van der Waals surface area contributed by atoms with Gasteiger partial charge in [-0.3, -0.25) is 0 Å². The molecule has 1 rings (SSSR count). The maximum Gasteiger partial charge on any atom is 0.104 e. The zero-order chi connectivity index (χ0) is 10.6. The van der Waals surface area contributed by atoms with E-state index in [1.54, 1.807) is 0 Å². The van der Waals surface area contributed by atoms with Gasteiger partial charge in [-0.15, -0.1) is 0 Å². The molecular weight excluding hydrogens is 176 g/mol. The number of rotatable bonds is 3. The molecule has 2 N–H and O–H groups in total. The van der Waals surface area contributed by atoms with Crippen LogP contribution in [0, 0.1) is 17.2 Å². The van der Waals surface area contributed by atoms with E-state index in [1.807, 2.05) is 13.8 Å². The number of hydrogen-bond acceptors (Lipinski definition) is 3. The fourth-order valence-corrected chi connectivity index (χ4v) is 2.00. The Balaban J connectivity index is 2.37. The summed E-state index contributed by atoms with van der Waals surface area (Å²) in [5.41, 5.74) is 5.34. The predicted octanol–water partition coefficient (Wildman–Crippen LogP) is 1.82. The zero-order valence-corrected chi connectivity index (χ0v) is 9.12. The molecule has 0 aromatic carbocycles. The van der Waals surface area contributed by atoms with Crippen molar-refractivity contribution in [3.8, 4) is 6.07 Å². The Bertz CT molecular complexity index is 222. The van der Waals surface area contributed by atoms with Crippen LogP contribution in [0.3, 0.4) is 0 Å². The van der Waals surface area contributed by atoms with E-state index in [1.165, 1.54) is 0 Å². The third kappa shape index (κ3) is 3.28. The van der Waals surface area contributed by atoms with Crippen molar-refractivity contribution in [1.29, 1.82) is 5.26 Å². The molecule has 0 heterocycles. The maximum absolute atomic E-state index is 8.93. The molecular formula is C11H20N2O. The monoisotopic (exact) mass is 196 g/mol. The van der Waals surface area contributed by atoms with Gasteiger partial charge < -0.3 is 10.5 Å². The van der Waals surface area contributed by atoms with Crippen molar-refractivity contribution in [2.24, 2.45) is 11.7 Å². The topological polar surface area (TPSA) is 59.0 Å². The number of nitrogens with zero attached hydrogens (tertiary/aromatic N) is 1. The van der Waals surface area contributed by atoms with Gasteiger partial charge in [0.1, 0.15) is 5.54 Å². The first kappa shape index (κ1) is 11.5. The molecule has 3 heteroatoms. The summed E-state index contributed by atoms with van der Waals surface area (Å²) in [5.74, 6) is 0.468. The number of nitriles is 1. The lowest BCUT2D eigenvalue weighted by Crippen LogP contribution is -2.43. The van der Waals surface area contributed by atoms with Crippen molar-refractivity contribution >= 4 is 0 Å². The van der Waals surface area contributed by atoms with Gasteiger partial charge in [0.25, 0.3) is 0 Å². The van der Waals surface area contributed by atoms with Crippen molar-refractivity contribution in [2.75, 3.05) is 6.61 Å². The van der Waals surface area contributed by atoms with Crippen LogP contribution < -0.4 is 5.73 Å². The molecule has 0 amide bonds. The van der Waals surface area contributed by atoms with E-state index < -0.39 is 5.54 Å². The summed E-state index contributed by atoms with van der Waals surface area (Å²) in [6.07, 6.45) is 4.09. The minimum absolute atomic E-state index is 0.270. The molecule has 0 aromatic rings. The predicted molar refractivity (Wildman–Crippen MR) is 55.6 cm³/mol. The Kier molecular flexibility index (Phi) is 3.91. The van der Waals surface area contributed by atoms with Crippen LogP contribution >= 0.6 is 0 Å². The Morgan fingerprint density at radius 1 is 1.64 bits per heavy atom. The first-order valence-electron chi connectivity index (χ1n) is 5.37. The van der Waals surface area contributed by atoms with Crippen LogP contribution in [-0.4, -0.2) is 18.2 Å². The van der Waals surface area contributed by atoms with Gasteiger partial charge in [-0.2, -0.15) is 5.26 Å². The summed E-state index contributed by atoms with van der Waals surface area (Å²) in [4.78, 5) is 0. The summed E-state index contributed by atoms with van der Waals surface area (Å²) in [7, 11) is 0. The summed E-state index contributed by atoms with van der Waals surface area (Å²) < 4.78 is 5.55. The second-order valence-electron chi connectivity index (χ2n) is 4.61. The zero-order valence-electron chi connectivity index (χ0n) is 9.12. The van der Waals surface area contributed by atoms with Gasteiger partial charge in [0, 0.05) is 6.61 Å². The molecule has 14 heavy (non-hydrogen) atoms. The Morgan fingerprint density at radius 3 is 2.93 bits per heavy atom. The van der Waals surface area contributed by atoms with Crippen molar-refractivity contribution < 1.29 is 4.74 Å². The second kappa shape index (κ2) is 4.77. The molecule has 1 saturated carbocycles. The van der Waals surface area contributed by atoms with E-state index in [0.717, 1.165) is 32.3 Å². The van der Waals surface area contributed by atoms with Crippen molar-refractivity contribution in [3.05, 3.63) is 0 Å². The summed E-state index contributed by atoms with van der Waals surface area (Å²) in [6, 6.07) is 2.22. The highest BCUT2D eigenvalue weighted by Crippen LogP contribution is 2.30. The molecule has 0 radical (unpaired) electrons. The van der Waals surface area contributed by atoms with Crippen LogP contribution in [-0.2, 0) is 4.74 Å². The van der Waals surface area contributed by atoms with E-state index in [9.17, 15) is 0 Å². The van der Waals surface area contributed by atoms with Gasteiger partial charge in [-0.05, 0) is 39.0 Å². The number of hydrogen-bond donors (Lipinski definition) is 1. The average molecular weight is 196 g/mol. The molecule has 2 unspecified atom stereocenters. The van der Waals surface area contributed by atoms with Gasteiger partial charge >= 0.3 is 0 Å². The molecule has 0 bridgehead atoms. The lowest BCUT2D eigenvalue weighted by Gasteiger charge is -2.32. The smallest absolute Gasteiger partial charge is 0.104 e. The van der Waals surface area contributed by atoms with Crippen LogP contribution in [0.15, 0.2) is 0 Å². The van der Waals surface area contributed by atoms with Crippen LogP contribution in [0.5, 0.6) is 0 Å². The molecule has 2 atom stereocenters.